The number of nitrogens with one attached hydrogen (secondary N) is 1. The number of thioether (sulfide) groups is 1. The van der Waals surface area contributed by atoms with Gasteiger partial charge < -0.3 is 14.6 Å². The molecule has 0 fully saturated rings. The number of carbonyl (C=O) groups is 1. The van der Waals surface area contributed by atoms with Crippen LogP contribution in [0.2, 0.25) is 0 Å². The summed E-state index contributed by atoms with van der Waals surface area (Å²) in [5.41, 5.74) is 2.69. The summed E-state index contributed by atoms with van der Waals surface area (Å²) in [7, 11) is 0. The van der Waals surface area contributed by atoms with E-state index in [1.807, 2.05) is 5.43 Å². The average molecular weight is 246 g/mol. The molecule has 1 atom stereocenters. The van der Waals surface area contributed by atoms with E-state index in [0.29, 0.717) is 17.1 Å². The van der Waals surface area contributed by atoms with E-state index in [1.165, 1.54) is 18.0 Å². The standard InChI is InChI=1S/C9H14N2O4S/c10-11-9(14)8-6(1-2-15-8)4-16-5-7(13)3-12/h1-2,7,12-13H,3-5,10H2,(H,11,14). The van der Waals surface area contributed by atoms with Gasteiger partial charge in [-0.2, -0.15) is 11.8 Å². The Hall–Kier alpha value is -1.02. The van der Waals surface area contributed by atoms with Crippen molar-refractivity contribution in [1.29, 1.82) is 0 Å². The zero-order chi connectivity index (χ0) is 12.0. The van der Waals surface area contributed by atoms with Gasteiger partial charge in [0.2, 0.25) is 0 Å². The minimum atomic E-state index is -0.747. The molecule has 0 radical (unpaired) electrons. The van der Waals surface area contributed by atoms with Crippen molar-refractivity contribution in [3.8, 4) is 0 Å². The highest BCUT2D eigenvalue weighted by Gasteiger charge is 2.14. The van der Waals surface area contributed by atoms with Gasteiger partial charge in [-0.25, -0.2) is 5.84 Å². The van der Waals surface area contributed by atoms with Crippen LogP contribution in [0.25, 0.3) is 0 Å². The van der Waals surface area contributed by atoms with Crippen molar-refractivity contribution in [2.24, 2.45) is 5.84 Å². The van der Waals surface area contributed by atoms with Gasteiger partial charge in [-0.3, -0.25) is 10.2 Å². The van der Waals surface area contributed by atoms with Gasteiger partial charge >= 0.3 is 5.91 Å². The molecule has 0 aliphatic heterocycles. The molecule has 16 heavy (non-hydrogen) atoms. The molecule has 0 aliphatic carbocycles. The quantitative estimate of drug-likeness (QED) is 0.305. The summed E-state index contributed by atoms with van der Waals surface area (Å²) in [5, 5.41) is 17.7. The Morgan fingerprint density at radius 2 is 2.44 bits per heavy atom. The second-order valence-corrected chi connectivity index (χ2v) is 4.13. The van der Waals surface area contributed by atoms with Crippen molar-refractivity contribution in [2.45, 2.75) is 11.9 Å². The van der Waals surface area contributed by atoms with Gasteiger partial charge in [0.25, 0.3) is 0 Å². The van der Waals surface area contributed by atoms with E-state index in [0.717, 1.165) is 0 Å². The molecule has 6 nitrogen and oxygen atoms in total. The van der Waals surface area contributed by atoms with E-state index in [9.17, 15) is 4.79 Å². The smallest absolute Gasteiger partial charge is 0.301 e. The number of nitrogens with two attached hydrogens (primary N) is 1. The van der Waals surface area contributed by atoms with Gasteiger partial charge in [0.15, 0.2) is 5.76 Å². The number of hydrazine groups is 1. The summed E-state index contributed by atoms with van der Waals surface area (Å²) >= 11 is 1.39. The van der Waals surface area contributed by atoms with Crippen LogP contribution in [-0.2, 0) is 5.75 Å². The zero-order valence-corrected chi connectivity index (χ0v) is 9.37. The largest absolute Gasteiger partial charge is 0.459 e. The van der Waals surface area contributed by atoms with Gasteiger partial charge in [0.1, 0.15) is 0 Å². The number of furan rings is 1. The number of nitrogen functional groups attached to an aromatic ring is 1. The number of aliphatic hydroxyl groups excluding tert-OH is 2. The Labute approximate surface area is 96.8 Å². The van der Waals surface area contributed by atoms with Crippen LogP contribution in [0.3, 0.4) is 0 Å². The van der Waals surface area contributed by atoms with Crippen LogP contribution in [0.15, 0.2) is 16.7 Å². The first-order valence-electron chi connectivity index (χ1n) is 4.63. The van der Waals surface area contributed by atoms with Crippen molar-refractivity contribution in [1.82, 2.24) is 5.43 Å². The lowest BCUT2D eigenvalue weighted by atomic mass is 10.3. The van der Waals surface area contributed by atoms with Crippen LogP contribution in [0.5, 0.6) is 0 Å². The molecule has 90 valence electrons. The van der Waals surface area contributed by atoms with E-state index >= 15 is 0 Å². The number of aliphatic hydroxyl groups is 2. The highest BCUT2D eigenvalue weighted by Crippen LogP contribution is 2.18. The Morgan fingerprint density at radius 1 is 1.69 bits per heavy atom. The summed E-state index contributed by atoms with van der Waals surface area (Å²) in [4.78, 5) is 11.2. The van der Waals surface area contributed by atoms with Crippen LogP contribution in [0.1, 0.15) is 16.1 Å². The summed E-state index contributed by atoms with van der Waals surface area (Å²) < 4.78 is 4.98. The molecule has 0 saturated carbocycles. The molecule has 1 aromatic rings. The summed E-state index contributed by atoms with van der Waals surface area (Å²) in [6.45, 7) is -0.269. The minimum Gasteiger partial charge on any atom is -0.459 e. The lowest BCUT2D eigenvalue weighted by molar-refractivity contribution is 0.0925. The maximum absolute atomic E-state index is 11.2. The SMILES string of the molecule is NNC(=O)c1occc1CSCC(O)CO. The third-order valence-electron chi connectivity index (χ3n) is 1.86. The second kappa shape index (κ2) is 6.54. The Balaban J connectivity index is 2.48. The molecular weight excluding hydrogens is 232 g/mol. The predicted octanol–water partition coefficient (Wildman–Crippen LogP) is -0.531. The Kier molecular flexibility index (Phi) is 5.33. The van der Waals surface area contributed by atoms with Crippen LogP contribution in [0, 0.1) is 0 Å². The molecule has 1 aromatic heterocycles. The van der Waals surface area contributed by atoms with Gasteiger partial charge in [-0.1, -0.05) is 0 Å². The fourth-order valence-electron chi connectivity index (χ4n) is 1.07. The first-order chi connectivity index (χ1) is 7.69. The third-order valence-corrected chi connectivity index (χ3v) is 3.00. The Bertz CT molecular complexity index is 342. The van der Waals surface area contributed by atoms with Crippen molar-refractivity contribution in [3.05, 3.63) is 23.7 Å². The molecule has 0 saturated heterocycles. The highest BCUT2D eigenvalue weighted by atomic mass is 32.2. The average Bonchev–Trinajstić information content (AvgIpc) is 2.76. The van der Waals surface area contributed by atoms with E-state index in [-0.39, 0.29) is 12.4 Å². The van der Waals surface area contributed by atoms with E-state index in [2.05, 4.69) is 0 Å². The first kappa shape index (κ1) is 13.0. The monoisotopic (exact) mass is 246 g/mol. The molecule has 0 aliphatic rings. The van der Waals surface area contributed by atoms with Crippen LogP contribution in [0.4, 0.5) is 0 Å². The van der Waals surface area contributed by atoms with Crippen molar-refractivity contribution >= 4 is 17.7 Å². The Morgan fingerprint density at radius 3 is 3.06 bits per heavy atom. The highest BCUT2D eigenvalue weighted by molar-refractivity contribution is 7.98. The molecule has 1 amide bonds. The van der Waals surface area contributed by atoms with E-state index < -0.39 is 12.0 Å². The second-order valence-electron chi connectivity index (χ2n) is 3.10. The number of rotatable bonds is 6. The predicted molar refractivity (Wildman–Crippen MR) is 59.6 cm³/mol. The van der Waals surface area contributed by atoms with Gasteiger partial charge in [0.05, 0.1) is 19.0 Å². The van der Waals surface area contributed by atoms with Crippen molar-refractivity contribution in [2.75, 3.05) is 12.4 Å². The molecule has 0 spiro atoms. The molecule has 1 unspecified atom stereocenters. The zero-order valence-electron chi connectivity index (χ0n) is 8.55. The third kappa shape index (κ3) is 3.53. The normalized spacial score (nSPS) is 12.4. The van der Waals surface area contributed by atoms with Crippen molar-refractivity contribution in [3.63, 3.8) is 0 Å². The summed E-state index contributed by atoms with van der Waals surface area (Å²) in [5.74, 6) is 5.59. The van der Waals surface area contributed by atoms with E-state index in [4.69, 9.17) is 20.5 Å². The first-order valence-corrected chi connectivity index (χ1v) is 5.78. The lowest BCUT2D eigenvalue weighted by Crippen LogP contribution is -2.30. The number of amides is 1. The van der Waals surface area contributed by atoms with Crippen molar-refractivity contribution < 1.29 is 19.4 Å². The molecular formula is C9H14N2O4S. The topological polar surface area (TPSA) is 109 Å². The number of hydrogen-bond acceptors (Lipinski definition) is 6. The molecule has 5 N–H and O–H groups in total. The lowest BCUT2D eigenvalue weighted by Gasteiger charge is -2.06. The van der Waals surface area contributed by atoms with E-state index in [1.54, 1.807) is 6.07 Å². The van der Waals surface area contributed by atoms with Gasteiger partial charge in [0, 0.05) is 17.1 Å². The maximum Gasteiger partial charge on any atom is 0.301 e. The van der Waals surface area contributed by atoms with Gasteiger partial charge in [-0.05, 0) is 6.07 Å². The molecule has 7 heteroatoms. The number of carbonyl (C=O) groups excluding carboxylic acids is 1. The van der Waals surface area contributed by atoms with Crippen LogP contribution < -0.4 is 11.3 Å². The molecule has 0 bridgehead atoms. The maximum atomic E-state index is 11.2. The fraction of sp³-hybridized carbons (Fsp3) is 0.444. The summed E-state index contributed by atoms with van der Waals surface area (Å²) in [6.07, 6.45) is 0.659. The number of hydrogen-bond donors (Lipinski definition) is 4. The minimum absolute atomic E-state index is 0.175. The molecule has 1 heterocycles. The molecule has 1 rings (SSSR count). The molecule has 0 aromatic carbocycles. The fourth-order valence-corrected chi connectivity index (χ4v) is 2.01. The summed E-state index contributed by atoms with van der Waals surface area (Å²) in [6, 6.07) is 1.67. The van der Waals surface area contributed by atoms with Crippen LogP contribution in [-0.4, -0.2) is 34.6 Å². The van der Waals surface area contributed by atoms with Gasteiger partial charge in [-0.15, -0.1) is 0 Å². The van der Waals surface area contributed by atoms with Crippen LogP contribution >= 0.6 is 11.8 Å².